The van der Waals surface area contributed by atoms with Gasteiger partial charge in [0, 0.05) is 0 Å². The summed E-state index contributed by atoms with van der Waals surface area (Å²) in [5, 5.41) is 9.01. The molecule has 0 aliphatic heterocycles. The number of carbonyl (C=O) groups is 1. The molecule has 0 fully saturated rings. The van der Waals surface area contributed by atoms with Gasteiger partial charge in [0.2, 0.25) is 0 Å². The van der Waals surface area contributed by atoms with Crippen molar-refractivity contribution in [1.29, 1.82) is 0 Å². The van der Waals surface area contributed by atoms with E-state index in [1.54, 1.807) is 0 Å². The molecule has 2 aromatic carbocycles. The molecule has 0 bridgehead atoms. The topological polar surface area (TPSA) is 71.4 Å². The summed E-state index contributed by atoms with van der Waals surface area (Å²) in [5.74, 6) is -4.30. The molecular formula is C14H10F2O4S. The number of sulfone groups is 1. The van der Waals surface area contributed by atoms with Crippen LogP contribution < -0.4 is 0 Å². The normalized spacial score (nSPS) is 11.3. The van der Waals surface area contributed by atoms with Gasteiger partial charge in [0.05, 0.1) is 16.2 Å². The fourth-order valence-electron chi connectivity index (χ4n) is 1.81. The quantitative estimate of drug-likeness (QED) is 0.881. The van der Waals surface area contributed by atoms with E-state index in [0.717, 1.165) is 6.07 Å². The molecule has 21 heavy (non-hydrogen) atoms. The lowest BCUT2D eigenvalue weighted by Crippen LogP contribution is -2.10. The Kier molecular flexibility index (Phi) is 4.04. The summed E-state index contributed by atoms with van der Waals surface area (Å²) in [5.41, 5.74) is -0.0709. The highest BCUT2D eigenvalue weighted by Crippen LogP contribution is 2.21. The van der Waals surface area contributed by atoms with E-state index in [1.165, 1.54) is 24.3 Å². The van der Waals surface area contributed by atoms with Crippen LogP contribution in [0.15, 0.2) is 47.4 Å². The van der Waals surface area contributed by atoms with Gasteiger partial charge in [-0.3, -0.25) is 0 Å². The molecule has 0 atom stereocenters. The smallest absolute Gasteiger partial charge is 0.335 e. The maximum absolute atomic E-state index is 13.1. The first kappa shape index (κ1) is 15.1. The number of halogens is 2. The number of rotatable bonds is 4. The van der Waals surface area contributed by atoms with Gasteiger partial charge >= 0.3 is 5.97 Å². The molecule has 0 unspecified atom stereocenters. The Bertz CT molecular complexity index is 800. The summed E-state index contributed by atoms with van der Waals surface area (Å²) in [7, 11) is -3.98. The van der Waals surface area contributed by atoms with Crippen LogP contribution in [0.3, 0.4) is 0 Å². The van der Waals surface area contributed by atoms with Crippen LogP contribution in [0.1, 0.15) is 15.9 Å². The minimum Gasteiger partial charge on any atom is -0.478 e. The Morgan fingerprint density at radius 3 is 2.33 bits per heavy atom. The van der Waals surface area contributed by atoms with E-state index in [1.807, 2.05) is 0 Å². The molecule has 0 saturated carbocycles. The zero-order valence-corrected chi connectivity index (χ0v) is 11.4. The number of carboxylic acid groups (broad SMARTS) is 1. The highest BCUT2D eigenvalue weighted by molar-refractivity contribution is 7.90. The summed E-state index contributed by atoms with van der Waals surface area (Å²) >= 11 is 0. The first-order chi connectivity index (χ1) is 9.81. The van der Waals surface area contributed by atoms with E-state index in [9.17, 15) is 22.0 Å². The number of hydrogen-bond donors (Lipinski definition) is 1. The van der Waals surface area contributed by atoms with Crippen LogP contribution in [-0.4, -0.2) is 19.5 Å². The molecule has 0 aliphatic carbocycles. The Balaban J connectivity index is 2.42. The van der Waals surface area contributed by atoms with Crippen LogP contribution in [0.5, 0.6) is 0 Å². The Morgan fingerprint density at radius 2 is 1.71 bits per heavy atom. The van der Waals surface area contributed by atoms with Gasteiger partial charge < -0.3 is 5.11 Å². The van der Waals surface area contributed by atoms with Gasteiger partial charge in [0.15, 0.2) is 21.5 Å². The summed E-state index contributed by atoms with van der Waals surface area (Å²) < 4.78 is 50.3. The molecule has 0 spiro atoms. The van der Waals surface area contributed by atoms with E-state index in [-0.39, 0.29) is 11.1 Å². The lowest BCUT2D eigenvalue weighted by molar-refractivity contribution is 0.0696. The molecular weight excluding hydrogens is 302 g/mol. The maximum Gasteiger partial charge on any atom is 0.335 e. The highest BCUT2D eigenvalue weighted by Gasteiger charge is 2.20. The first-order valence-corrected chi connectivity index (χ1v) is 7.45. The molecule has 7 heteroatoms. The van der Waals surface area contributed by atoms with Crippen molar-refractivity contribution < 1.29 is 27.1 Å². The molecule has 2 aromatic rings. The van der Waals surface area contributed by atoms with E-state index in [4.69, 9.17) is 5.11 Å². The third kappa shape index (κ3) is 3.25. The third-order valence-corrected chi connectivity index (χ3v) is 4.51. The predicted molar refractivity (Wildman–Crippen MR) is 70.6 cm³/mol. The minimum absolute atomic E-state index is 0.0785. The van der Waals surface area contributed by atoms with Gasteiger partial charge in [-0.1, -0.05) is 18.2 Å². The van der Waals surface area contributed by atoms with E-state index >= 15 is 0 Å². The molecule has 0 amide bonds. The fourth-order valence-corrected chi connectivity index (χ4v) is 3.20. The average Bonchev–Trinajstić information content (AvgIpc) is 2.41. The lowest BCUT2D eigenvalue weighted by Gasteiger charge is -2.08. The predicted octanol–water partition coefficient (Wildman–Crippen LogP) is 2.64. The van der Waals surface area contributed by atoms with Gasteiger partial charge in [-0.2, -0.15) is 0 Å². The molecule has 2 rings (SSSR count). The summed E-state index contributed by atoms with van der Waals surface area (Å²) in [6, 6.07) is 7.84. The Hall–Kier alpha value is -2.28. The van der Waals surface area contributed by atoms with Crippen molar-refractivity contribution in [2.24, 2.45) is 0 Å². The zero-order chi connectivity index (χ0) is 15.6. The summed E-state index contributed by atoms with van der Waals surface area (Å²) in [6.07, 6.45) is 0. The van der Waals surface area contributed by atoms with Crippen molar-refractivity contribution in [3.8, 4) is 0 Å². The fraction of sp³-hybridized carbons (Fsp3) is 0.0714. The molecule has 0 saturated heterocycles. The van der Waals surface area contributed by atoms with Crippen molar-refractivity contribution in [1.82, 2.24) is 0 Å². The van der Waals surface area contributed by atoms with Gasteiger partial charge in [0.1, 0.15) is 0 Å². The first-order valence-electron chi connectivity index (χ1n) is 5.80. The zero-order valence-electron chi connectivity index (χ0n) is 10.6. The highest BCUT2D eigenvalue weighted by atomic mass is 32.2. The van der Waals surface area contributed by atoms with Crippen molar-refractivity contribution in [3.05, 3.63) is 65.2 Å². The molecule has 1 N–H and O–H groups in total. The second-order valence-electron chi connectivity index (χ2n) is 4.30. The van der Waals surface area contributed by atoms with Crippen molar-refractivity contribution >= 4 is 15.8 Å². The average molecular weight is 312 g/mol. The van der Waals surface area contributed by atoms with Crippen LogP contribution in [-0.2, 0) is 15.6 Å². The third-order valence-electron chi connectivity index (χ3n) is 2.84. The van der Waals surface area contributed by atoms with E-state index < -0.39 is 38.1 Å². The molecule has 110 valence electrons. The summed E-state index contributed by atoms with van der Waals surface area (Å²) in [6.45, 7) is 0. The van der Waals surface area contributed by atoms with Crippen molar-refractivity contribution in [3.63, 3.8) is 0 Å². The van der Waals surface area contributed by atoms with Gasteiger partial charge in [-0.25, -0.2) is 22.0 Å². The second kappa shape index (κ2) is 5.61. The number of hydrogen-bond acceptors (Lipinski definition) is 3. The van der Waals surface area contributed by atoms with Crippen LogP contribution >= 0.6 is 0 Å². The van der Waals surface area contributed by atoms with Crippen molar-refractivity contribution in [2.75, 3.05) is 0 Å². The summed E-state index contributed by atoms with van der Waals surface area (Å²) in [4.78, 5) is 10.6. The Morgan fingerprint density at radius 1 is 1.05 bits per heavy atom. The van der Waals surface area contributed by atoms with Crippen LogP contribution in [0.4, 0.5) is 8.78 Å². The molecule has 0 heterocycles. The molecule has 0 radical (unpaired) electrons. The maximum atomic E-state index is 13.1. The van der Waals surface area contributed by atoms with Gasteiger partial charge in [0.25, 0.3) is 0 Å². The SMILES string of the molecule is O=C(O)c1ccccc1CS(=O)(=O)c1ccc(F)c(F)c1. The molecule has 4 nitrogen and oxygen atoms in total. The second-order valence-corrected chi connectivity index (χ2v) is 6.29. The monoisotopic (exact) mass is 312 g/mol. The standard InChI is InChI=1S/C14H10F2O4S/c15-12-6-5-10(7-13(12)16)21(19,20)8-9-3-1-2-4-11(9)14(17)18/h1-7H,8H2,(H,17,18). The van der Waals surface area contributed by atoms with Crippen molar-refractivity contribution in [2.45, 2.75) is 10.6 Å². The van der Waals surface area contributed by atoms with Gasteiger partial charge in [-0.15, -0.1) is 0 Å². The number of aromatic carboxylic acids is 1. The molecule has 0 aliphatic rings. The van der Waals surface area contributed by atoms with Crippen LogP contribution in [0, 0.1) is 11.6 Å². The largest absolute Gasteiger partial charge is 0.478 e. The number of carboxylic acids is 1. The number of benzene rings is 2. The van der Waals surface area contributed by atoms with E-state index in [2.05, 4.69) is 0 Å². The Labute approximate surface area is 119 Å². The van der Waals surface area contributed by atoms with Crippen LogP contribution in [0.2, 0.25) is 0 Å². The lowest BCUT2D eigenvalue weighted by atomic mass is 10.1. The van der Waals surface area contributed by atoms with E-state index in [0.29, 0.717) is 12.1 Å². The molecule has 0 aromatic heterocycles. The minimum atomic E-state index is -3.98. The van der Waals surface area contributed by atoms with Crippen LogP contribution in [0.25, 0.3) is 0 Å². The van der Waals surface area contributed by atoms with Gasteiger partial charge in [-0.05, 0) is 29.8 Å².